The summed E-state index contributed by atoms with van der Waals surface area (Å²) >= 11 is 1.21. The summed E-state index contributed by atoms with van der Waals surface area (Å²) in [4.78, 5) is 37.9. The number of carbonyl (C=O) groups is 2. The van der Waals surface area contributed by atoms with Gasteiger partial charge in [0.15, 0.2) is 5.13 Å². The third-order valence-corrected chi connectivity index (χ3v) is 5.64. The predicted octanol–water partition coefficient (Wildman–Crippen LogP) is 2.20. The van der Waals surface area contributed by atoms with Crippen molar-refractivity contribution in [2.45, 2.75) is 19.4 Å². The number of anilines is 1. The van der Waals surface area contributed by atoms with Crippen LogP contribution < -0.4 is 10.2 Å². The van der Waals surface area contributed by atoms with Crippen molar-refractivity contribution in [3.05, 3.63) is 55.1 Å². The van der Waals surface area contributed by atoms with Crippen molar-refractivity contribution in [2.75, 3.05) is 51.3 Å². The number of imidazole rings is 1. The lowest BCUT2D eigenvalue weighted by atomic mass is 10.3. The number of nitrogens with one attached hydrogen (secondary N) is 1. The van der Waals surface area contributed by atoms with E-state index in [1.807, 2.05) is 22.9 Å². The van der Waals surface area contributed by atoms with Crippen LogP contribution in [0.3, 0.4) is 0 Å². The summed E-state index contributed by atoms with van der Waals surface area (Å²) in [5, 5.41) is 3.41. The molecular weight excluding hydrogens is 428 g/mol. The molecule has 0 bridgehead atoms. The van der Waals surface area contributed by atoms with Gasteiger partial charge in [-0.3, -0.25) is 19.4 Å². The SMILES string of the molecule is C=CCN(CC=C)CCN(C(=O)CCOC)c1ncc(C(=O)NCCCn2ccnc2)s1. The Morgan fingerprint density at radius 2 is 2.06 bits per heavy atom. The monoisotopic (exact) mass is 460 g/mol. The number of rotatable bonds is 16. The number of aromatic nitrogens is 3. The summed E-state index contributed by atoms with van der Waals surface area (Å²) < 4.78 is 7.02. The number of hydrogen-bond acceptors (Lipinski definition) is 7. The predicted molar refractivity (Wildman–Crippen MR) is 127 cm³/mol. The molecule has 0 saturated heterocycles. The average molecular weight is 461 g/mol. The molecule has 2 aromatic heterocycles. The molecule has 0 aliphatic carbocycles. The zero-order valence-electron chi connectivity index (χ0n) is 18.6. The highest BCUT2D eigenvalue weighted by molar-refractivity contribution is 7.17. The molecule has 0 radical (unpaired) electrons. The third kappa shape index (κ3) is 8.37. The van der Waals surface area contributed by atoms with Gasteiger partial charge in [0.05, 0.1) is 25.6 Å². The molecule has 0 spiro atoms. The molecule has 0 atom stereocenters. The van der Waals surface area contributed by atoms with E-state index in [2.05, 4.69) is 33.3 Å². The molecule has 2 amide bonds. The highest BCUT2D eigenvalue weighted by Gasteiger charge is 2.21. The van der Waals surface area contributed by atoms with E-state index in [0.717, 1.165) is 13.0 Å². The smallest absolute Gasteiger partial charge is 0.263 e. The van der Waals surface area contributed by atoms with Gasteiger partial charge in [-0.2, -0.15) is 0 Å². The Bertz CT molecular complexity index is 842. The second kappa shape index (κ2) is 14.3. The van der Waals surface area contributed by atoms with Crippen LogP contribution in [0, 0.1) is 0 Å². The topological polar surface area (TPSA) is 92.6 Å². The molecule has 32 heavy (non-hydrogen) atoms. The molecule has 2 aromatic rings. The molecule has 0 fully saturated rings. The highest BCUT2D eigenvalue weighted by atomic mass is 32.1. The van der Waals surface area contributed by atoms with Gasteiger partial charge in [0.1, 0.15) is 4.88 Å². The van der Waals surface area contributed by atoms with Crippen molar-refractivity contribution in [3.63, 3.8) is 0 Å². The van der Waals surface area contributed by atoms with Crippen LogP contribution in [-0.4, -0.2) is 77.7 Å². The van der Waals surface area contributed by atoms with E-state index in [0.29, 0.717) is 49.3 Å². The van der Waals surface area contributed by atoms with E-state index in [9.17, 15) is 9.59 Å². The van der Waals surface area contributed by atoms with E-state index < -0.39 is 0 Å². The summed E-state index contributed by atoms with van der Waals surface area (Å²) in [5.74, 6) is -0.283. The van der Waals surface area contributed by atoms with Crippen molar-refractivity contribution in [3.8, 4) is 0 Å². The molecular formula is C22H32N6O3S. The maximum absolute atomic E-state index is 12.8. The molecule has 0 aliphatic heterocycles. The molecule has 0 saturated carbocycles. The van der Waals surface area contributed by atoms with Crippen molar-refractivity contribution in [2.24, 2.45) is 0 Å². The second-order valence-corrected chi connectivity index (χ2v) is 8.05. The Hall–Kier alpha value is -2.82. The molecule has 0 aromatic carbocycles. The minimum absolute atomic E-state index is 0.0920. The first-order valence-electron chi connectivity index (χ1n) is 10.5. The first-order chi connectivity index (χ1) is 15.6. The van der Waals surface area contributed by atoms with Crippen molar-refractivity contribution >= 4 is 28.3 Å². The maximum Gasteiger partial charge on any atom is 0.263 e. The minimum atomic E-state index is -0.191. The van der Waals surface area contributed by atoms with Crippen LogP contribution in [0.4, 0.5) is 5.13 Å². The molecule has 9 nitrogen and oxygen atoms in total. The average Bonchev–Trinajstić information content (AvgIpc) is 3.48. The lowest BCUT2D eigenvalue weighted by Gasteiger charge is -2.25. The summed E-state index contributed by atoms with van der Waals surface area (Å²) in [5.41, 5.74) is 0. The van der Waals surface area contributed by atoms with Gasteiger partial charge in [-0.05, 0) is 6.42 Å². The Morgan fingerprint density at radius 1 is 1.28 bits per heavy atom. The molecule has 10 heteroatoms. The summed E-state index contributed by atoms with van der Waals surface area (Å²) in [6.45, 7) is 11.7. The summed E-state index contributed by atoms with van der Waals surface area (Å²) in [6, 6.07) is 0. The zero-order chi connectivity index (χ0) is 23.2. The van der Waals surface area contributed by atoms with Crippen LogP contribution in [0.2, 0.25) is 0 Å². The van der Waals surface area contributed by atoms with Gasteiger partial charge >= 0.3 is 0 Å². The number of nitrogens with zero attached hydrogens (tertiary/aromatic N) is 5. The lowest BCUT2D eigenvalue weighted by molar-refractivity contribution is -0.119. The Labute approximate surface area is 193 Å². The first-order valence-corrected chi connectivity index (χ1v) is 11.3. The van der Waals surface area contributed by atoms with Crippen LogP contribution in [0.25, 0.3) is 0 Å². The fraction of sp³-hybridized carbons (Fsp3) is 0.455. The van der Waals surface area contributed by atoms with Crippen molar-refractivity contribution in [1.29, 1.82) is 0 Å². The highest BCUT2D eigenvalue weighted by Crippen LogP contribution is 2.23. The van der Waals surface area contributed by atoms with Gasteiger partial charge < -0.3 is 14.6 Å². The van der Waals surface area contributed by atoms with E-state index >= 15 is 0 Å². The third-order valence-electron chi connectivity index (χ3n) is 4.62. The first kappa shape index (κ1) is 25.4. The van der Waals surface area contributed by atoms with Gasteiger partial charge in [-0.15, -0.1) is 13.2 Å². The maximum atomic E-state index is 12.8. The number of methoxy groups -OCH3 is 1. The van der Waals surface area contributed by atoms with Gasteiger partial charge in [0.25, 0.3) is 5.91 Å². The van der Waals surface area contributed by atoms with Crippen molar-refractivity contribution in [1.82, 2.24) is 24.8 Å². The summed E-state index contributed by atoms with van der Waals surface area (Å²) in [6.07, 6.45) is 11.6. The second-order valence-electron chi connectivity index (χ2n) is 7.04. The standard InChI is InChI=1S/C22H32N6O3S/c1-4-10-26(11-5-2)14-15-28(20(29)7-16-31-3)22-25-17-19(32-22)21(30)24-8-6-12-27-13-9-23-18-27/h4-5,9,13,17-18H,1-2,6-8,10-12,14-16H2,3H3,(H,24,30). The largest absolute Gasteiger partial charge is 0.384 e. The van der Waals surface area contributed by atoms with Crippen LogP contribution in [0.5, 0.6) is 0 Å². The number of thiazole rings is 1. The fourth-order valence-corrected chi connectivity index (χ4v) is 3.86. The molecule has 2 heterocycles. The lowest BCUT2D eigenvalue weighted by Crippen LogP contribution is -2.39. The summed E-state index contributed by atoms with van der Waals surface area (Å²) in [7, 11) is 1.56. The normalized spacial score (nSPS) is 10.8. The van der Waals surface area contributed by atoms with Crippen molar-refractivity contribution < 1.29 is 14.3 Å². The number of ether oxygens (including phenoxy) is 1. The van der Waals surface area contributed by atoms with E-state index in [1.54, 1.807) is 24.5 Å². The Kier molecular flexibility index (Phi) is 11.4. The Morgan fingerprint density at radius 3 is 2.72 bits per heavy atom. The minimum Gasteiger partial charge on any atom is -0.384 e. The van der Waals surface area contributed by atoms with Crippen LogP contribution in [0.15, 0.2) is 50.2 Å². The Balaban J connectivity index is 1.97. The number of amides is 2. The van der Waals surface area contributed by atoms with Gasteiger partial charge in [0.2, 0.25) is 5.91 Å². The van der Waals surface area contributed by atoms with E-state index in [1.165, 1.54) is 17.5 Å². The number of carbonyl (C=O) groups excluding carboxylic acids is 2. The van der Waals surface area contributed by atoms with E-state index in [-0.39, 0.29) is 18.2 Å². The van der Waals surface area contributed by atoms with Crippen LogP contribution in [-0.2, 0) is 16.1 Å². The number of aryl methyl sites for hydroxylation is 1. The quantitative estimate of drug-likeness (QED) is 0.305. The van der Waals surface area contributed by atoms with Gasteiger partial charge in [0, 0.05) is 58.8 Å². The molecule has 1 N–H and O–H groups in total. The molecule has 0 aliphatic rings. The molecule has 0 unspecified atom stereocenters. The van der Waals surface area contributed by atoms with Gasteiger partial charge in [-0.25, -0.2) is 9.97 Å². The fourth-order valence-electron chi connectivity index (χ4n) is 2.98. The van der Waals surface area contributed by atoms with Crippen LogP contribution >= 0.6 is 11.3 Å². The van der Waals surface area contributed by atoms with Gasteiger partial charge in [-0.1, -0.05) is 23.5 Å². The molecule has 174 valence electrons. The number of hydrogen-bond donors (Lipinski definition) is 1. The van der Waals surface area contributed by atoms with Crippen LogP contribution in [0.1, 0.15) is 22.5 Å². The van der Waals surface area contributed by atoms with E-state index in [4.69, 9.17) is 4.74 Å². The molecule has 2 rings (SSSR count). The zero-order valence-corrected chi connectivity index (χ0v) is 19.4.